The molecule has 0 saturated heterocycles. The van der Waals surface area contributed by atoms with Gasteiger partial charge in [-0.15, -0.1) is 0 Å². The summed E-state index contributed by atoms with van der Waals surface area (Å²) in [5.74, 6) is 0.710. The van der Waals surface area contributed by atoms with Crippen LogP contribution in [0.3, 0.4) is 0 Å². The zero-order valence-corrected chi connectivity index (χ0v) is 14.6. The predicted molar refractivity (Wildman–Crippen MR) is 102 cm³/mol. The molecule has 0 amide bonds. The van der Waals surface area contributed by atoms with Gasteiger partial charge in [-0.05, 0) is 62.4 Å². The molecule has 0 unspecified atom stereocenters. The van der Waals surface area contributed by atoms with Crippen LogP contribution in [0.2, 0.25) is 0 Å². The monoisotopic (exact) mass is 351 g/mol. The fourth-order valence-electron chi connectivity index (χ4n) is 3.61. The second-order valence-electron chi connectivity index (χ2n) is 6.70. The van der Waals surface area contributed by atoms with E-state index in [1.807, 2.05) is 19.1 Å². The lowest BCUT2D eigenvalue weighted by Gasteiger charge is -2.18. The summed E-state index contributed by atoms with van der Waals surface area (Å²) in [6.45, 7) is 1.95. The molecule has 1 heterocycles. The van der Waals surface area contributed by atoms with E-state index >= 15 is 0 Å². The van der Waals surface area contributed by atoms with Crippen molar-refractivity contribution in [1.29, 1.82) is 0 Å². The molecule has 0 aliphatic heterocycles. The number of aryl methyl sites for hydroxylation is 2. The molecular weight excluding hydrogens is 329 g/mol. The molecule has 2 aromatic carbocycles. The number of benzene rings is 2. The molecular formula is C22H22FNO2. The quantitative estimate of drug-likeness (QED) is 0.686. The van der Waals surface area contributed by atoms with Gasteiger partial charge in [0.1, 0.15) is 17.3 Å². The van der Waals surface area contributed by atoms with E-state index in [4.69, 9.17) is 4.74 Å². The van der Waals surface area contributed by atoms with Crippen molar-refractivity contribution in [3.63, 3.8) is 0 Å². The van der Waals surface area contributed by atoms with Crippen LogP contribution in [0.1, 0.15) is 31.2 Å². The molecule has 3 aromatic rings. The third-order valence-electron chi connectivity index (χ3n) is 4.86. The summed E-state index contributed by atoms with van der Waals surface area (Å²) in [5.41, 5.74) is 4.64. The summed E-state index contributed by atoms with van der Waals surface area (Å²) in [6, 6.07) is 13.4. The molecule has 1 aliphatic rings. The van der Waals surface area contributed by atoms with Crippen LogP contribution in [0.5, 0.6) is 11.5 Å². The number of ether oxygens (including phenoxy) is 1. The van der Waals surface area contributed by atoms with E-state index < -0.39 is 0 Å². The average Bonchev–Trinajstić information content (AvgIpc) is 2.63. The SMILES string of the molecule is Cc1[nH]c2c(c(=O)c1-c1ccc(Oc3cccc(F)c3)cc1)CCCC2.[HH]. The van der Waals surface area contributed by atoms with Crippen LogP contribution in [-0.2, 0) is 12.8 Å². The van der Waals surface area contributed by atoms with Crippen molar-refractivity contribution >= 4 is 0 Å². The van der Waals surface area contributed by atoms with Gasteiger partial charge in [0.25, 0.3) is 0 Å². The summed E-state index contributed by atoms with van der Waals surface area (Å²) < 4.78 is 18.9. The molecule has 0 bridgehead atoms. The fraction of sp³-hybridized carbons (Fsp3) is 0.227. The zero-order valence-electron chi connectivity index (χ0n) is 14.6. The van der Waals surface area contributed by atoms with Crippen LogP contribution in [0.25, 0.3) is 11.1 Å². The zero-order chi connectivity index (χ0) is 18.1. The van der Waals surface area contributed by atoms with Gasteiger partial charge in [-0.1, -0.05) is 18.2 Å². The molecule has 1 aromatic heterocycles. The minimum atomic E-state index is -0.338. The average molecular weight is 351 g/mol. The first-order valence-electron chi connectivity index (χ1n) is 8.90. The van der Waals surface area contributed by atoms with Gasteiger partial charge in [0.2, 0.25) is 0 Å². The summed E-state index contributed by atoms with van der Waals surface area (Å²) in [5, 5.41) is 0. The van der Waals surface area contributed by atoms with Crippen molar-refractivity contribution in [3.05, 3.63) is 81.5 Å². The molecule has 134 valence electrons. The molecule has 0 atom stereocenters. The van der Waals surface area contributed by atoms with Gasteiger partial charge in [-0.2, -0.15) is 0 Å². The van der Waals surface area contributed by atoms with Gasteiger partial charge in [0.05, 0.1) is 0 Å². The maximum Gasteiger partial charge on any atom is 0.193 e. The Morgan fingerprint density at radius 2 is 1.81 bits per heavy atom. The van der Waals surface area contributed by atoms with E-state index in [1.165, 1.54) is 12.1 Å². The Morgan fingerprint density at radius 3 is 2.58 bits per heavy atom. The van der Waals surface area contributed by atoms with Gasteiger partial charge in [0, 0.05) is 30.0 Å². The first-order chi connectivity index (χ1) is 12.6. The van der Waals surface area contributed by atoms with Gasteiger partial charge < -0.3 is 9.72 Å². The Hall–Kier alpha value is -2.88. The summed E-state index contributed by atoms with van der Waals surface area (Å²) in [6.07, 6.45) is 4.00. The van der Waals surface area contributed by atoms with E-state index in [1.54, 1.807) is 24.3 Å². The molecule has 1 N–H and O–H groups in total. The topological polar surface area (TPSA) is 42.1 Å². The number of H-pyrrole nitrogens is 1. The fourth-order valence-corrected chi connectivity index (χ4v) is 3.61. The van der Waals surface area contributed by atoms with Crippen LogP contribution in [0.15, 0.2) is 53.3 Å². The van der Waals surface area contributed by atoms with Crippen molar-refractivity contribution < 1.29 is 10.6 Å². The highest BCUT2D eigenvalue weighted by molar-refractivity contribution is 5.67. The third-order valence-corrected chi connectivity index (χ3v) is 4.86. The number of fused-ring (bicyclic) bond motifs is 1. The molecule has 3 nitrogen and oxygen atoms in total. The molecule has 0 spiro atoms. The van der Waals surface area contributed by atoms with Crippen LogP contribution >= 0.6 is 0 Å². The van der Waals surface area contributed by atoms with Gasteiger partial charge in [-0.25, -0.2) is 4.39 Å². The Balaban J connectivity index is 0.00000210. The van der Waals surface area contributed by atoms with Crippen molar-refractivity contribution in [2.75, 3.05) is 0 Å². The first kappa shape index (κ1) is 16.6. The second-order valence-corrected chi connectivity index (χ2v) is 6.70. The van der Waals surface area contributed by atoms with E-state index in [2.05, 4.69) is 4.98 Å². The number of aromatic amines is 1. The van der Waals surface area contributed by atoms with Gasteiger partial charge in [0.15, 0.2) is 5.43 Å². The number of nitrogens with one attached hydrogen (secondary N) is 1. The molecule has 0 radical (unpaired) electrons. The number of aromatic nitrogens is 1. The molecule has 0 fully saturated rings. The molecule has 1 aliphatic carbocycles. The number of hydrogen-bond acceptors (Lipinski definition) is 2. The largest absolute Gasteiger partial charge is 0.457 e. The summed E-state index contributed by atoms with van der Waals surface area (Å²) in [7, 11) is 0. The minimum Gasteiger partial charge on any atom is -0.457 e. The smallest absolute Gasteiger partial charge is 0.193 e. The van der Waals surface area contributed by atoms with Crippen LogP contribution in [-0.4, -0.2) is 4.98 Å². The van der Waals surface area contributed by atoms with Gasteiger partial charge in [-0.3, -0.25) is 4.79 Å². The van der Waals surface area contributed by atoms with Crippen molar-refractivity contribution in [1.82, 2.24) is 4.98 Å². The van der Waals surface area contributed by atoms with E-state index in [0.717, 1.165) is 53.8 Å². The maximum atomic E-state index is 13.3. The molecule has 4 rings (SSSR count). The Bertz CT molecular complexity index is 1010. The third kappa shape index (κ3) is 3.15. The van der Waals surface area contributed by atoms with Crippen LogP contribution < -0.4 is 10.2 Å². The summed E-state index contributed by atoms with van der Waals surface area (Å²) >= 11 is 0. The normalized spacial score (nSPS) is 13.3. The number of halogens is 1. The minimum absolute atomic E-state index is 0. The highest BCUT2D eigenvalue weighted by Crippen LogP contribution is 2.27. The van der Waals surface area contributed by atoms with E-state index in [0.29, 0.717) is 11.5 Å². The summed E-state index contributed by atoms with van der Waals surface area (Å²) in [4.78, 5) is 16.4. The van der Waals surface area contributed by atoms with Crippen LogP contribution in [0.4, 0.5) is 4.39 Å². The lowest BCUT2D eigenvalue weighted by Crippen LogP contribution is -2.21. The number of hydrogen-bond donors (Lipinski definition) is 1. The second kappa shape index (κ2) is 6.79. The lowest BCUT2D eigenvalue weighted by atomic mass is 9.91. The standard InChI is InChI=1S/C22H20FNO2.H2/c1-14-21(22(25)19-7-2-3-8-20(19)24-14)15-9-11-17(12-10-15)26-18-6-4-5-16(23)13-18;/h4-6,9-13H,2-3,7-8H2,1H3,(H,24,25);1H. The lowest BCUT2D eigenvalue weighted by molar-refractivity contribution is 0.477. The number of pyridine rings is 1. The van der Waals surface area contributed by atoms with Gasteiger partial charge >= 0.3 is 0 Å². The van der Waals surface area contributed by atoms with Crippen molar-refractivity contribution in [2.45, 2.75) is 32.6 Å². The Morgan fingerprint density at radius 1 is 1.04 bits per heavy atom. The van der Waals surface area contributed by atoms with Crippen molar-refractivity contribution in [3.8, 4) is 22.6 Å². The maximum absolute atomic E-state index is 13.3. The first-order valence-corrected chi connectivity index (χ1v) is 8.90. The highest BCUT2D eigenvalue weighted by Gasteiger charge is 2.18. The Labute approximate surface area is 153 Å². The highest BCUT2D eigenvalue weighted by atomic mass is 19.1. The van der Waals surface area contributed by atoms with Crippen LogP contribution in [0, 0.1) is 12.7 Å². The van der Waals surface area contributed by atoms with Crippen molar-refractivity contribution in [2.24, 2.45) is 0 Å². The molecule has 4 heteroatoms. The van der Waals surface area contributed by atoms with E-state index in [9.17, 15) is 9.18 Å². The molecule has 0 saturated carbocycles. The Kier molecular flexibility index (Phi) is 4.33. The van der Waals surface area contributed by atoms with E-state index in [-0.39, 0.29) is 12.7 Å². The predicted octanol–water partition coefficient (Wildman–Crippen LogP) is 5.41. The molecule has 26 heavy (non-hydrogen) atoms. The number of rotatable bonds is 3.